The van der Waals surface area contributed by atoms with E-state index < -0.39 is 0 Å². The van der Waals surface area contributed by atoms with Crippen LogP contribution in [0, 0.1) is 6.92 Å². The van der Waals surface area contributed by atoms with E-state index in [1.165, 1.54) is 12.7 Å². The monoisotopic (exact) mass is 266 g/mol. The zero-order valence-electron chi connectivity index (χ0n) is 11.3. The number of carbonyl (C=O) groups excluding carboxylic acids is 1. The van der Waals surface area contributed by atoms with Crippen LogP contribution in [0.5, 0.6) is 0 Å². The van der Waals surface area contributed by atoms with E-state index in [0.717, 1.165) is 16.8 Å². The van der Waals surface area contributed by atoms with Crippen LogP contribution in [0.1, 0.15) is 16.1 Å². The largest absolute Gasteiger partial charge is 0.464 e. The Bertz CT molecular complexity index is 790. The number of fused-ring (bicyclic) bond motifs is 1. The van der Waals surface area contributed by atoms with Crippen LogP contribution in [-0.4, -0.2) is 22.7 Å². The number of methoxy groups -OCH3 is 1. The molecule has 2 heterocycles. The van der Waals surface area contributed by atoms with Crippen LogP contribution in [0.3, 0.4) is 0 Å². The summed E-state index contributed by atoms with van der Waals surface area (Å²) in [6.07, 6.45) is 0. The van der Waals surface area contributed by atoms with Crippen molar-refractivity contribution < 1.29 is 9.53 Å². The molecular formula is C16H14N2O2. The fourth-order valence-electron chi connectivity index (χ4n) is 2.21. The predicted molar refractivity (Wildman–Crippen MR) is 76.7 cm³/mol. The first-order valence-electron chi connectivity index (χ1n) is 6.33. The second-order valence-electron chi connectivity index (χ2n) is 4.63. The fourth-order valence-corrected chi connectivity index (χ4v) is 2.21. The van der Waals surface area contributed by atoms with Gasteiger partial charge in [0.1, 0.15) is 0 Å². The summed E-state index contributed by atoms with van der Waals surface area (Å²) < 4.78 is 6.38. The second-order valence-corrected chi connectivity index (χ2v) is 4.63. The average Bonchev–Trinajstić information content (AvgIpc) is 2.89. The number of aromatic nitrogens is 2. The van der Waals surface area contributed by atoms with Crippen molar-refractivity contribution in [3.8, 4) is 11.3 Å². The van der Waals surface area contributed by atoms with Gasteiger partial charge in [0.15, 0.2) is 5.69 Å². The number of nitrogens with zero attached hydrogens (tertiary/aromatic N) is 2. The number of carbonyl (C=O) groups is 1. The zero-order valence-corrected chi connectivity index (χ0v) is 11.3. The van der Waals surface area contributed by atoms with Gasteiger partial charge >= 0.3 is 5.97 Å². The van der Waals surface area contributed by atoms with Crippen molar-refractivity contribution in [1.29, 1.82) is 0 Å². The molecule has 0 radical (unpaired) electrons. The topological polar surface area (TPSA) is 43.6 Å². The maximum absolute atomic E-state index is 11.7. The molecule has 0 unspecified atom stereocenters. The summed E-state index contributed by atoms with van der Waals surface area (Å²) in [5, 5.41) is 4.53. The van der Waals surface area contributed by atoms with Crippen LogP contribution in [0.25, 0.3) is 16.8 Å². The van der Waals surface area contributed by atoms with Crippen LogP contribution in [0.2, 0.25) is 0 Å². The Labute approximate surface area is 116 Å². The quantitative estimate of drug-likeness (QED) is 0.669. The molecule has 0 aliphatic heterocycles. The van der Waals surface area contributed by atoms with Gasteiger partial charge in [-0.15, -0.1) is 0 Å². The van der Waals surface area contributed by atoms with Crippen molar-refractivity contribution in [3.05, 3.63) is 59.8 Å². The minimum absolute atomic E-state index is 0.390. The lowest BCUT2D eigenvalue weighted by molar-refractivity contribution is 0.0591. The lowest BCUT2D eigenvalue weighted by Crippen LogP contribution is -2.07. The average molecular weight is 266 g/mol. The van der Waals surface area contributed by atoms with E-state index in [-0.39, 0.29) is 5.97 Å². The molecule has 3 rings (SSSR count). The molecule has 0 saturated heterocycles. The molecule has 0 bridgehead atoms. The lowest BCUT2D eigenvalue weighted by Gasteiger charge is -2.05. The van der Waals surface area contributed by atoms with Crippen LogP contribution in [0.15, 0.2) is 48.5 Å². The maximum atomic E-state index is 11.7. The summed E-state index contributed by atoms with van der Waals surface area (Å²) in [6, 6.07) is 15.6. The predicted octanol–water partition coefficient (Wildman–Crippen LogP) is 3.10. The second kappa shape index (κ2) is 4.81. The van der Waals surface area contributed by atoms with Gasteiger partial charge in [-0.25, -0.2) is 9.31 Å². The van der Waals surface area contributed by atoms with Gasteiger partial charge < -0.3 is 4.74 Å². The number of ether oxygens (including phenoxy) is 1. The van der Waals surface area contributed by atoms with E-state index in [2.05, 4.69) is 11.2 Å². The number of hydrogen-bond acceptors (Lipinski definition) is 3. The van der Waals surface area contributed by atoms with E-state index in [1.807, 2.05) is 43.3 Å². The SMILES string of the molecule is COC(=O)c1ccc2ccc(-c3cccc(C)c3)nn12. The van der Waals surface area contributed by atoms with Crippen molar-refractivity contribution in [2.45, 2.75) is 6.92 Å². The highest BCUT2D eigenvalue weighted by Gasteiger charge is 2.12. The number of aryl methyl sites for hydroxylation is 1. The molecule has 100 valence electrons. The highest BCUT2D eigenvalue weighted by atomic mass is 16.5. The van der Waals surface area contributed by atoms with E-state index in [9.17, 15) is 4.79 Å². The normalized spacial score (nSPS) is 10.7. The van der Waals surface area contributed by atoms with Gasteiger partial charge in [-0.3, -0.25) is 0 Å². The fraction of sp³-hybridized carbons (Fsp3) is 0.125. The third-order valence-electron chi connectivity index (χ3n) is 3.21. The molecule has 0 N–H and O–H groups in total. The minimum Gasteiger partial charge on any atom is -0.464 e. The third-order valence-corrected chi connectivity index (χ3v) is 3.21. The van der Waals surface area contributed by atoms with Gasteiger partial charge in [0.25, 0.3) is 0 Å². The van der Waals surface area contributed by atoms with Gasteiger partial charge in [-0.1, -0.05) is 23.8 Å². The Morgan fingerprint density at radius 3 is 2.70 bits per heavy atom. The Morgan fingerprint density at radius 1 is 1.15 bits per heavy atom. The Balaban J connectivity index is 2.16. The number of rotatable bonds is 2. The molecule has 0 fully saturated rings. The molecule has 20 heavy (non-hydrogen) atoms. The molecule has 0 aliphatic rings. The molecule has 4 heteroatoms. The highest BCUT2D eigenvalue weighted by molar-refractivity contribution is 5.89. The smallest absolute Gasteiger partial charge is 0.356 e. The standard InChI is InChI=1S/C16H14N2O2/c1-11-4-3-5-12(10-11)14-8-6-13-7-9-15(16(19)20-2)18(13)17-14/h3-10H,1-2H3. The molecule has 0 saturated carbocycles. The number of hydrogen-bond donors (Lipinski definition) is 0. The molecule has 3 aromatic rings. The Kier molecular flexibility index (Phi) is 2.99. The molecule has 0 atom stereocenters. The summed E-state index contributed by atoms with van der Waals surface area (Å²) in [6.45, 7) is 2.04. The van der Waals surface area contributed by atoms with Gasteiger partial charge in [0, 0.05) is 5.56 Å². The van der Waals surface area contributed by atoms with E-state index in [1.54, 1.807) is 10.6 Å². The van der Waals surface area contributed by atoms with Gasteiger partial charge in [0.05, 0.1) is 18.3 Å². The molecule has 1 aromatic carbocycles. The highest BCUT2D eigenvalue weighted by Crippen LogP contribution is 2.20. The number of benzene rings is 1. The first-order valence-corrected chi connectivity index (χ1v) is 6.33. The molecule has 2 aromatic heterocycles. The third kappa shape index (κ3) is 2.05. The summed E-state index contributed by atoms with van der Waals surface area (Å²) in [4.78, 5) is 11.7. The summed E-state index contributed by atoms with van der Waals surface area (Å²) in [7, 11) is 1.37. The number of esters is 1. The molecule has 0 aliphatic carbocycles. The zero-order chi connectivity index (χ0) is 14.1. The summed E-state index contributed by atoms with van der Waals surface area (Å²) >= 11 is 0. The maximum Gasteiger partial charge on any atom is 0.356 e. The first kappa shape index (κ1) is 12.4. The molecular weight excluding hydrogens is 252 g/mol. The van der Waals surface area contributed by atoms with Crippen molar-refractivity contribution in [2.24, 2.45) is 0 Å². The van der Waals surface area contributed by atoms with E-state index >= 15 is 0 Å². The first-order chi connectivity index (χ1) is 9.69. The molecule has 4 nitrogen and oxygen atoms in total. The van der Waals surface area contributed by atoms with Crippen molar-refractivity contribution in [1.82, 2.24) is 9.61 Å². The van der Waals surface area contributed by atoms with Gasteiger partial charge in [0.2, 0.25) is 0 Å². The van der Waals surface area contributed by atoms with E-state index in [4.69, 9.17) is 4.74 Å². The van der Waals surface area contributed by atoms with E-state index in [0.29, 0.717) is 5.69 Å². The Morgan fingerprint density at radius 2 is 1.95 bits per heavy atom. The summed E-state index contributed by atoms with van der Waals surface area (Å²) in [5.74, 6) is -0.390. The molecule has 0 spiro atoms. The summed E-state index contributed by atoms with van der Waals surface area (Å²) in [5.41, 5.74) is 4.31. The Hall–Kier alpha value is -2.62. The minimum atomic E-state index is -0.390. The van der Waals surface area contributed by atoms with Crippen LogP contribution in [-0.2, 0) is 4.74 Å². The lowest BCUT2D eigenvalue weighted by atomic mass is 10.1. The van der Waals surface area contributed by atoms with Gasteiger partial charge in [-0.2, -0.15) is 5.10 Å². The van der Waals surface area contributed by atoms with Crippen molar-refractivity contribution in [3.63, 3.8) is 0 Å². The van der Waals surface area contributed by atoms with Crippen LogP contribution < -0.4 is 0 Å². The van der Waals surface area contributed by atoms with Crippen LogP contribution in [0.4, 0.5) is 0 Å². The van der Waals surface area contributed by atoms with Gasteiger partial charge in [-0.05, 0) is 37.3 Å². The van der Waals surface area contributed by atoms with Crippen molar-refractivity contribution >= 4 is 11.5 Å². The van der Waals surface area contributed by atoms with Crippen molar-refractivity contribution in [2.75, 3.05) is 7.11 Å². The van der Waals surface area contributed by atoms with Crippen LogP contribution >= 0.6 is 0 Å². The molecule has 0 amide bonds.